The zero-order valence-corrected chi connectivity index (χ0v) is 16.1. The molecular formula is C22H22N2O4. The fraction of sp³-hybridized carbons (Fsp3) is 0.227. The fourth-order valence-electron chi connectivity index (χ4n) is 2.54. The summed E-state index contributed by atoms with van der Waals surface area (Å²) in [5.74, 6) is -0.286. The van der Waals surface area contributed by atoms with Gasteiger partial charge in [-0.1, -0.05) is 36.4 Å². The Morgan fingerprint density at radius 2 is 1.89 bits per heavy atom. The quantitative estimate of drug-likeness (QED) is 0.343. The number of ether oxygens (including phenoxy) is 2. The van der Waals surface area contributed by atoms with Crippen LogP contribution >= 0.6 is 0 Å². The van der Waals surface area contributed by atoms with Gasteiger partial charge in [-0.15, -0.1) is 0 Å². The zero-order valence-electron chi connectivity index (χ0n) is 16.1. The van der Waals surface area contributed by atoms with E-state index in [1.807, 2.05) is 43.3 Å². The van der Waals surface area contributed by atoms with E-state index in [2.05, 4.69) is 5.32 Å². The lowest BCUT2D eigenvalue weighted by atomic mass is 10.1. The van der Waals surface area contributed by atoms with Crippen molar-refractivity contribution in [3.8, 4) is 17.6 Å². The number of hydrogen-bond acceptors (Lipinski definition) is 5. The number of carbonyl (C=O) groups excluding carboxylic acids is 2. The molecule has 0 saturated heterocycles. The first-order valence-corrected chi connectivity index (χ1v) is 8.87. The highest BCUT2D eigenvalue weighted by atomic mass is 16.6. The molecule has 6 heteroatoms. The van der Waals surface area contributed by atoms with E-state index in [1.165, 1.54) is 13.0 Å². The smallest absolute Gasteiger partial charge is 0.308 e. The number of esters is 1. The Kier molecular flexibility index (Phi) is 7.35. The Balaban J connectivity index is 2.23. The summed E-state index contributed by atoms with van der Waals surface area (Å²) >= 11 is 0. The predicted molar refractivity (Wildman–Crippen MR) is 106 cm³/mol. The summed E-state index contributed by atoms with van der Waals surface area (Å²) in [7, 11) is 0. The highest BCUT2D eigenvalue weighted by molar-refractivity contribution is 6.01. The molecule has 2 aromatic carbocycles. The maximum absolute atomic E-state index is 12.5. The molecule has 1 N–H and O–H groups in total. The number of benzene rings is 2. The van der Waals surface area contributed by atoms with Crippen molar-refractivity contribution in [1.82, 2.24) is 5.32 Å². The molecule has 0 aliphatic rings. The van der Waals surface area contributed by atoms with Crippen LogP contribution in [0, 0.1) is 11.3 Å². The molecule has 28 heavy (non-hydrogen) atoms. The molecule has 2 rings (SSSR count). The number of nitrogens with one attached hydrogen (secondary N) is 1. The molecular weight excluding hydrogens is 356 g/mol. The van der Waals surface area contributed by atoms with Gasteiger partial charge >= 0.3 is 5.97 Å². The average Bonchev–Trinajstić information content (AvgIpc) is 2.68. The topological polar surface area (TPSA) is 88.4 Å². The molecule has 0 spiro atoms. The Bertz CT molecular complexity index is 914. The summed E-state index contributed by atoms with van der Waals surface area (Å²) in [6.07, 6.45) is 1.47. The number of rotatable bonds is 7. The molecule has 0 saturated carbocycles. The van der Waals surface area contributed by atoms with Crippen LogP contribution in [0.4, 0.5) is 0 Å². The van der Waals surface area contributed by atoms with Gasteiger partial charge in [0.15, 0.2) is 11.5 Å². The number of nitrogens with zero attached hydrogens (tertiary/aromatic N) is 1. The van der Waals surface area contributed by atoms with Crippen LogP contribution in [-0.2, 0) is 9.59 Å². The van der Waals surface area contributed by atoms with Crippen LogP contribution in [0.25, 0.3) is 6.08 Å². The van der Waals surface area contributed by atoms with Gasteiger partial charge in [0, 0.05) is 6.92 Å². The van der Waals surface area contributed by atoms with E-state index in [0.717, 1.165) is 5.56 Å². The molecule has 0 aliphatic carbocycles. The molecule has 0 aromatic heterocycles. The third kappa shape index (κ3) is 5.71. The normalized spacial score (nSPS) is 11.9. The van der Waals surface area contributed by atoms with E-state index in [1.54, 1.807) is 25.1 Å². The summed E-state index contributed by atoms with van der Waals surface area (Å²) in [5, 5.41) is 12.2. The minimum absolute atomic E-state index is 0.0366. The molecule has 0 aliphatic heterocycles. The van der Waals surface area contributed by atoms with E-state index in [-0.39, 0.29) is 17.4 Å². The molecule has 0 fully saturated rings. The van der Waals surface area contributed by atoms with Crippen molar-refractivity contribution in [2.24, 2.45) is 0 Å². The van der Waals surface area contributed by atoms with Crippen LogP contribution in [0.1, 0.15) is 37.9 Å². The molecule has 0 heterocycles. The van der Waals surface area contributed by atoms with E-state index < -0.39 is 11.9 Å². The predicted octanol–water partition coefficient (Wildman–Crippen LogP) is 3.79. The largest absolute Gasteiger partial charge is 0.490 e. The second-order valence-electron chi connectivity index (χ2n) is 6.01. The Labute approximate surface area is 164 Å². The Morgan fingerprint density at radius 1 is 1.18 bits per heavy atom. The minimum Gasteiger partial charge on any atom is -0.490 e. The van der Waals surface area contributed by atoms with Crippen LogP contribution in [0.15, 0.2) is 54.1 Å². The highest BCUT2D eigenvalue weighted by Gasteiger charge is 2.15. The molecule has 6 nitrogen and oxygen atoms in total. The minimum atomic E-state index is -0.471. The van der Waals surface area contributed by atoms with E-state index >= 15 is 0 Å². The van der Waals surface area contributed by atoms with Gasteiger partial charge < -0.3 is 14.8 Å². The number of nitriles is 1. The first kappa shape index (κ1) is 20.7. The van der Waals surface area contributed by atoms with Gasteiger partial charge in [0.2, 0.25) is 0 Å². The molecule has 0 bridgehead atoms. The first-order valence-electron chi connectivity index (χ1n) is 8.87. The van der Waals surface area contributed by atoms with Gasteiger partial charge in [-0.25, -0.2) is 0 Å². The van der Waals surface area contributed by atoms with Crippen molar-refractivity contribution in [1.29, 1.82) is 5.26 Å². The lowest BCUT2D eigenvalue weighted by molar-refractivity contribution is -0.132. The second-order valence-corrected chi connectivity index (χ2v) is 6.01. The summed E-state index contributed by atoms with van der Waals surface area (Å²) in [6, 6.07) is 16.0. The summed E-state index contributed by atoms with van der Waals surface area (Å²) in [4.78, 5) is 23.7. The van der Waals surface area contributed by atoms with Crippen molar-refractivity contribution in [3.63, 3.8) is 0 Å². The average molecular weight is 378 g/mol. The van der Waals surface area contributed by atoms with Crippen LogP contribution in [0.5, 0.6) is 11.5 Å². The Morgan fingerprint density at radius 3 is 2.50 bits per heavy atom. The Hall–Kier alpha value is -3.59. The standard InChI is InChI=1S/C22H22N2O4/c1-4-27-21-13-17(10-11-20(21)28-16(3)25)12-19(14-23)22(26)24-15(2)18-8-6-5-7-9-18/h5-13,15H,4H2,1-3H3,(H,24,26)/b19-12-/t15-/m0/s1. The maximum atomic E-state index is 12.5. The summed E-state index contributed by atoms with van der Waals surface area (Å²) in [6.45, 7) is 5.33. The maximum Gasteiger partial charge on any atom is 0.308 e. The van der Waals surface area contributed by atoms with Gasteiger partial charge in [0.25, 0.3) is 5.91 Å². The zero-order chi connectivity index (χ0) is 20.5. The molecule has 1 atom stereocenters. The van der Waals surface area contributed by atoms with Crippen molar-refractivity contribution >= 4 is 18.0 Å². The molecule has 1 amide bonds. The van der Waals surface area contributed by atoms with Crippen molar-refractivity contribution in [2.75, 3.05) is 6.61 Å². The van der Waals surface area contributed by atoms with Crippen molar-refractivity contribution < 1.29 is 19.1 Å². The van der Waals surface area contributed by atoms with Gasteiger partial charge in [0.05, 0.1) is 12.6 Å². The monoisotopic (exact) mass is 378 g/mol. The second kappa shape index (κ2) is 9.93. The van der Waals surface area contributed by atoms with Gasteiger partial charge in [-0.05, 0) is 43.2 Å². The lowest BCUT2D eigenvalue weighted by Crippen LogP contribution is -2.27. The molecule has 0 radical (unpaired) electrons. The molecule has 144 valence electrons. The number of hydrogen-bond donors (Lipinski definition) is 1. The van der Waals surface area contributed by atoms with Gasteiger partial charge in [-0.3, -0.25) is 9.59 Å². The summed E-state index contributed by atoms with van der Waals surface area (Å²) in [5.41, 5.74) is 1.49. The number of carbonyl (C=O) groups is 2. The van der Waals surface area contributed by atoms with Crippen molar-refractivity contribution in [2.45, 2.75) is 26.8 Å². The van der Waals surface area contributed by atoms with E-state index in [9.17, 15) is 14.9 Å². The highest BCUT2D eigenvalue weighted by Crippen LogP contribution is 2.29. The first-order chi connectivity index (χ1) is 13.4. The van der Waals surface area contributed by atoms with Crippen molar-refractivity contribution in [3.05, 3.63) is 65.2 Å². The molecule has 2 aromatic rings. The van der Waals surface area contributed by atoms with Gasteiger partial charge in [-0.2, -0.15) is 5.26 Å². The van der Waals surface area contributed by atoms with E-state index in [4.69, 9.17) is 9.47 Å². The van der Waals surface area contributed by atoms with Crippen LogP contribution in [0.3, 0.4) is 0 Å². The lowest BCUT2D eigenvalue weighted by Gasteiger charge is -2.14. The SMILES string of the molecule is CCOc1cc(/C=C(/C#N)C(=O)N[C@@H](C)c2ccccc2)ccc1OC(C)=O. The van der Waals surface area contributed by atoms with Crippen LogP contribution in [-0.4, -0.2) is 18.5 Å². The number of amides is 1. The molecule has 0 unspecified atom stereocenters. The summed E-state index contributed by atoms with van der Waals surface area (Å²) < 4.78 is 10.6. The van der Waals surface area contributed by atoms with Crippen LogP contribution in [0.2, 0.25) is 0 Å². The van der Waals surface area contributed by atoms with Crippen LogP contribution < -0.4 is 14.8 Å². The third-order valence-electron chi connectivity index (χ3n) is 3.84. The third-order valence-corrected chi connectivity index (χ3v) is 3.84. The van der Waals surface area contributed by atoms with E-state index in [0.29, 0.717) is 17.9 Å². The fourth-order valence-corrected chi connectivity index (χ4v) is 2.54. The van der Waals surface area contributed by atoms with Gasteiger partial charge in [0.1, 0.15) is 11.6 Å².